The van der Waals surface area contributed by atoms with Crippen LogP contribution in [-0.2, 0) is 0 Å². The van der Waals surface area contributed by atoms with Crippen molar-refractivity contribution in [3.63, 3.8) is 0 Å². The summed E-state index contributed by atoms with van der Waals surface area (Å²) in [7, 11) is 0. The molecule has 0 aliphatic rings. The number of nitrogens with zero attached hydrogens (tertiary/aromatic N) is 5. The first-order chi connectivity index (χ1) is 19.4. The van der Waals surface area contributed by atoms with Crippen LogP contribution in [0.2, 0.25) is 0 Å². The number of thiophene rings is 1. The van der Waals surface area contributed by atoms with E-state index >= 15 is 0 Å². The molecule has 6 heteroatoms. The number of aromatic nitrogens is 5. The van der Waals surface area contributed by atoms with Gasteiger partial charge in [-0.3, -0.25) is 4.57 Å². The predicted octanol–water partition coefficient (Wildman–Crippen LogP) is 8.43. The molecule has 4 heterocycles. The minimum absolute atomic E-state index is 0.618. The smallest absolute Gasteiger partial charge is 0.237 e. The van der Waals surface area contributed by atoms with E-state index in [2.05, 4.69) is 127 Å². The Balaban J connectivity index is 1.43. The van der Waals surface area contributed by atoms with Gasteiger partial charge >= 0.3 is 0 Å². The van der Waals surface area contributed by atoms with Gasteiger partial charge in [0.05, 0.1) is 26.8 Å². The fraction of sp³-hybridized carbons (Fsp3) is 0. The van der Waals surface area contributed by atoms with Crippen LogP contribution in [0.1, 0.15) is 0 Å². The van der Waals surface area contributed by atoms with Crippen molar-refractivity contribution < 1.29 is 0 Å². The van der Waals surface area contributed by atoms with Crippen LogP contribution in [0, 0.1) is 0 Å². The van der Waals surface area contributed by atoms with E-state index < -0.39 is 0 Å². The normalized spacial score (nSPS) is 12.1. The number of hydrogen-bond acceptors (Lipinski definition) is 4. The SMILES string of the molecule is c1ccc2c(c1)sc1c2ccc2c3ccccc3n(-c3ccc4c(c3)c3ccccc3n4-c3ncncn3)c21. The second-order valence-corrected chi connectivity index (χ2v) is 10.8. The molecule has 9 aromatic rings. The summed E-state index contributed by atoms with van der Waals surface area (Å²) in [5, 5.41) is 7.49. The number of hydrogen-bond donors (Lipinski definition) is 0. The molecule has 0 amide bonds. The fourth-order valence-electron chi connectivity index (χ4n) is 6.16. The van der Waals surface area contributed by atoms with Crippen molar-refractivity contribution in [1.82, 2.24) is 24.1 Å². The molecule has 0 spiro atoms. The van der Waals surface area contributed by atoms with E-state index in [1.807, 2.05) is 11.3 Å². The van der Waals surface area contributed by atoms with Crippen LogP contribution >= 0.6 is 11.3 Å². The molecule has 0 aliphatic carbocycles. The van der Waals surface area contributed by atoms with Crippen LogP contribution in [-0.4, -0.2) is 24.1 Å². The minimum Gasteiger partial charge on any atom is -0.308 e. The lowest BCUT2D eigenvalue weighted by Crippen LogP contribution is -2.00. The Morgan fingerprint density at radius 2 is 1.15 bits per heavy atom. The highest BCUT2D eigenvalue weighted by Gasteiger charge is 2.19. The fourth-order valence-corrected chi connectivity index (χ4v) is 7.40. The van der Waals surface area contributed by atoms with E-state index in [1.54, 1.807) is 12.7 Å². The average Bonchev–Trinajstić information content (AvgIpc) is 3.65. The van der Waals surface area contributed by atoms with Gasteiger partial charge in [0, 0.05) is 42.7 Å². The van der Waals surface area contributed by atoms with Crippen molar-refractivity contribution >= 4 is 75.1 Å². The molecule has 9 rings (SSSR count). The number of para-hydroxylation sites is 2. The van der Waals surface area contributed by atoms with Gasteiger partial charge in [-0.2, -0.15) is 0 Å². The summed E-state index contributed by atoms with van der Waals surface area (Å²) < 4.78 is 7.19. The van der Waals surface area contributed by atoms with E-state index in [0.29, 0.717) is 5.95 Å². The Labute approximate surface area is 226 Å². The molecule has 0 aliphatic heterocycles. The molecule has 5 nitrogen and oxygen atoms in total. The maximum absolute atomic E-state index is 4.47. The maximum Gasteiger partial charge on any atom is 0.237 e. The first-order valence-electron chi connectivity index (χ1n) is 12.9. The highest BCUT2D eigenvalue weighted by molar-refractivity contribution is 7.26. The van der Waals surface area contributed by atoms with Gasteiger partial charge in [-0.15, -0.1) is 11.3 Å². The van der Waals surface area contributed by atoms with Gasteiger partial charge in [0.1, 0.15) is 12.7 Å². The Morgan fingerprint density at radius 3 is 1.97 bits per heavy atom. The van der Waals surface area contributed by atoms with Crippen molar-refractivity contribution in [3.05, 3.63) is 116 Å². The molecule has 4 aromatic heterocycles. The zero-order valence-corrected chi connectivity index (χ0v) is 21.4. The summed E-state index contributed by atoms with van der Waals surface area (Å²) in [5.74, 6) is 0.618. The highest BCUT2D eigenvalue weighted by atomic mass is 32.1. The summed E-state index contributed by atoms with van der Waals surface area (Å²) in [6.45, 7) is 0. The van der Waals surface area contributed by atoms with Gasteiger partial charge < -0.3 is 4.57 Å². The third-order valence-corrected chi connectivity index (χ3v) is 8.97. The molecule has 182 valence electrons. The second-order valence-electron chi connectivity index (χ2n) is 9.78. The molecule has 0 fully saturated rings. The van der Waals surface area contributed by atoms with Gasteiger partial charge in [0.2, 0.25) is 5.95 Å². The van der Waals surface area contributed by atoms with Crippen molar-refractivity contribution in [2.24, 2.45) is 0 Å². The average molecular weight is 518 g/mol. The molecule has 0 bridgehead atoms. The van der Waals surface area contributed by atoms with E-state index in [4.69, 9.17) is 0 Å². The first kappa shape index (κ1) is 20.9. The van der Waals surface area contributed by atoms with Crippen LogP contribution in [0.4, 0.5) is 0 Å². The molecule has 0 atom stereocenters. The Kier molecular flexibility index (Phi) is 4.14. The molecular weight excluding hydrogens is 498 g/mol. The molecule has 5 aromatic carbocycles. The van der Waals surface area contributed by atoms with Crippen molar-refractivity contribution in [2.45, 2.75) is 0 Å². The summed E-state index contributed by atoms with van der Waals surface area (Å²) in [6, 6.07) is 37.2. The number of fused-ring (bicyclic) bond motifs is 10. The number of benzene rings is 5. The highest BCUT2D eigenvalue weighted by Crippen LogP contribution is 2.43. The Morgan fingerprint density at radius 1 is 0.513 bits per heavy atom. The molecule has 0 N–H and O–H groups in total. The van der Waals surface area contributed by atoms with Crippen molar-refractivity contribution in [3.8, 4) is 11.6 Å². The third kappa shape index (κ3) is 2.81. The monoisotopic (exact) mass is 517 g/mol. The quantitative estimate of drug-likeness (QED) is 0.231. The number of rotatable bonds is 2. The Hall–Kier alpha value is -5.07. The Bertz CT molecular complexity index is 2400. The van der Waals surface area contributed by atoms with Crippen LogP contribution < -0.4 is 0 Å². The maximum atomic E-state index is 4.47. The molecule has 0 radical (unpaired) electrons. The molecule has 39 heavy (non-hydrogen) atoms. The van der Waals surface area contributed by atoms with E-state index in [-0.39, 0.29) is 0 Å². The van der Waals surface area contributed by atoms with Gasteiger partial charge in [0.25, 0.3) is 0 Å². The minimum atomic E-state index is 0.618. The van der Waals surface area contributed by atoms with Crippen LogP contribution in [0.15, 0.2) is 116 Å². The van der Waals surface area contributed by atoms with E-state index in [9.17, 15) is 0 Å². The summed E-state index contributed by atoms with van der Waals surface area (Å²) >= 11 is 1.88. The topological polar surface area (TPSA) is 48.5 Å². The lowest BCUT2D eigenvalue weighted by Gasteiger charge is -2.10. The molecular formula is C33H19N5S. The van der Waals surface area contributed by atoms with Crippen LogP contribution in [0.3, 0.4) is 0 Å². The van der Waals surface area contributed by atoms with Crippen molar-refractivity contribution in [2.75, 3.05) is 0 Å². The first-order valence-corrected chi connectivity index (χ1v) is 13.7. The lowest BCUT2D eigenvalue weighted by molar-refractivity contribution is 0.939. The van der Waals surface area contributed by atoms with Crippen LogP contribution in [0.5, 0.6) is 0 Å². The van der Waals surface area contributed by atoms with E-state index in [0.717, 1.165) is 22.1 Å². The van der Waals surface area contributed by atoms with E-state index in [1.165, 1.54) is 47.4 Å². The zero-order valence-electron chi connectivity index (χ0n) is 20.6. The van der Waals surface area contributed by atoms with Crippen LogP contribution in [0.25, 0.3) is 75.4 Å². The van der Waals surface area contributed by atoms with Crippen molar-refractivity contribution in [1.29, 1.82) is 0 Å². The molecule has 0 saturated carbocycles. The third-order valence-electron chi connectivity index (χ3n) is 7.77. The zero-order chi connectivity index (χ0) is 25.5. The van der Waals surface area contributed by atoms with Gasteiger partial charge in [-0.1, -0.05) is 66.7 Å². The summed E-state index contributed by atoms with van der Waals surface area (Å²) in [6.07, 6.45) is 3.09. The predicted molar refractivity (Wildman–Crippen MR) is 161 cm³/mol. The largest absolute Gasteiger partial charge is 0.308 e. The lowest BCUT2D eigenvalue weighted by atomic mass is 10.1. The summed E-state index contributed by atoms with van der Waals surface area (Å²) in [4.78, 5) is 13.0. The molecule has 0 unspecified atom stereocenters. The molecule has 0 saturated heterocycles. The van der Waals surface area contributed by atoms with Gasteiger partial charge in [-0.25, -0.2) is 15.0 Å². The second kappa shape index (κ2) is 7.72. The van der Waals surface area contributed by atoms with Gasteiger partial charge in [0.15, 0.2) is 0 Å². The standard InChI is InChI=1S/C33H19N5S/c1-4-10-27-21(7-1)24-14-15-25-23-9-3-6-12-30(23)39-32(25)31(24)37(27)20-13-16-29-26(17-20)22-8-2-5-11-28(22)38(29)33-35-18-34-19-36-33/h1-19H. The summed E-state index contributed by atoms with van der Waals surface area (Å²) in [5.41, 5.74) is 5.74. The van der Waals surface area contributed by atoms with Gasteiger partial charge in [-0.05, 0) is 36.4 Å².